The van der Waals surface area contributed by atoms with Crippen LogP contribution in [-0.2, 0) is 9.59 Å². The van der Waals surface area contributed by atoms with Crippen LogP contribution in [-0.4, -0.2) is 22.6 Å². The molecule has 0 saturated heterocycles. The molecule has 1 aromatic rings. The molecule has 0 radical (unpaired) electrons. The minimum absolute atomic E-state index is 0.00876. The van der Waals surface area contributed by atoms with Crippen LogP contribution in [0.1, 0.15) is 70.4 Å². The SMILES string of the molecule is C[C@@H]1CC(=O)CC[C@H]1C(=O)N(C1CCCC1)[C@H](C)c1ccccc1. The van der Waals surface area contributed by atoms with E-state index >= 15 is 0 Å². The van der Waals surface area contributed by atoms with E-state index in [9.17, 15) is 9.59 Å². The van der Waals surface area contributed by atoms with E-state index in [0.717, 1.165) is 19.3 Å². The highest BCUT2D eigenvalue weighted by molar-refractivity contribution is 5.85. The number of benzene rings is 1. The number of carbonyl (C=O) groups excluding carboxylic acids is 2. The van der Waals surface area contributed by atoms with Crippen molar-refractivity contribution in [1.29, 1.82) is 0 Å². The maximum absolute atomic E-state index is 13.4. The zero-order valence-electron chi connectivity index (χ0n) is 14.9. The molecule has 3 heteroatoms. The Balaban J connectivity index is 1.84. The zero-order valence-corrected chi connectivity index (χ0v) is 14.9. The average molecular weight is 327 g/mol. The normalized spacial score (nSPS) is 26.3. The van der Waals surface area contributed by atoms with Gasteiger partial charge in [0.1, 0.15) is 5.78 Å². The third-order valence-electron chi connectivity index (χ3n) is 5.96. The summed E-state index contributed by atoms with van der Waals surface area (Å²) in [5.74, 6) is 0.772. The van der Waals surface area contributed by atoms with Crippen LogP contribution in [0.2, 0.25) is 0 Å². The summed E-state index contributed by atoms with van der Waals surface area (Å²) in [6, 6.07) is 10.8. The van der Waals surface area contributed by atoms with Gasteiger partial charge < -0.3 is 4.90 Å². The van der Waals surface area contributed by atoms with Crippen molar-refractivity contribution >= 4 is 11.7 Å². The molecule has 0 aliphatic heterocycles. The van der Waals surface area contributed by atoms with E-state index in [2.05, 4.69) is 30.9 Å². The first kappa shape index (κ1) is 17.2. The second kappa shape index (κ2) is 7.50. The highest BCUT2D eigenvalue weighted by atomic mass is 16.2. The summed E-state index contributed by atoms with van der Waals surface area (Å²) in [6.45, 7) is 4.23. The molecule has 0 bridgehead atoms. The average Bonchev–Trinajstić information content (AvgIpc) is 3.09. The van der Waals surface area contributed by atoms with Gasteiger partial charge in [0.15, 0.2) is 0 Å². The van der Waals surface area contributed by atoms with Crippen molar-refractivity contribution in [2.24, 2.45) is 11.8 Å². The molecule has 0 spiro atoms. The van der Waals surface area contributed by atoms with Crippen LogP contribution in [0.15, 0.2) is 30.3 Å². The van der Waals surface area contributed by atoms with Crippen molar-refractivity contribution in [3.63, 3.8) is 0 Å². The minimum Gasteiger partial charge on any atom is -0.333 e. The molecule has 3 nitrogen and oxygen atoms in total. The van der Waals surface area contributed by atoms with Crippen molar-refractivity contribution in [2.75, 3.05) is 0 Å². The number of amides is 1. The molecule has 3 rings (SSSR count). The Morgan fingerprint density at radius 3 is 2.42 bits per heavy atom. The predicted octanol–water partition coefficient (Wildman–Crippen LogP) is 4.52. The van der Waals surface area contributed by atoms with E-state index < -0.39 is 0 Å². The third kappa shape index (κ3) is 3.55. The molecule has 0 N–H and O–H groups in total. The van der Waals surface area contributed by atoms with Crippen LogP contribution >= 0.6 is 0 Å². The summed E-state index contributed by atoms with van der Waals surface area (Å²) >= 11 is 0. The highest BCUT2D eigenvalue weighted by Crippen LogP contribution is 2.36. The molecule has 0 heterocycles. The molecule has 2 fully saturated rings. The van der Waals surface area contributed by atoms with Crippen LogP contribution in [0.3, 0.4) is 0 Å². The first-order valence-electron chi connectivity index (χ1n) is 9.46. The Morgan fingerprint density at radius 1 is 1.12 bits per heavy atom. The van der Waals surface area contributed by atoms with Gasteiger partial charge >= 0.3 is 0 Å². The van der Waals surface area contributed by atoms with Gasteiger partial charge in [0.05, 0.1) is 6.04 Å². The van der Waals surface area contributed by atoms with E-state index in [1.807, 2.05) is 18.2 Å². The monoisotopic (exact) mass is 327 g/mol. The summed E-state index contributed by atoms with van der Waals surface area (Å²) in [5, 5.41) is 0. The zero-order chi connectivity index (χ0) is 17.1. The van der Waals surface area contributed by atoms with Gasteiger partial charge in [0.25, 0.3) is 0 Å². The minimum atomic E-state index is 0.00876. The lowest BCUT2D eigenvalue weighted by Gasteiger charge is -2.40. The van der Waals surface area contributed by atoms with Crippen molar-refractivity contribution in [2.45, 2.75) is 70.9 Å². The lowest BCUT2D eigenvalue weighted by atomic mass is 9.78. The first-order valence-corrected chi connectivity index (χ1v) is 9.46. The lowest BCUT2D eigenvalue weighted by molar-refractivity contribution is -0.144. The molecule has 2 saturated carbocycles. The second-order valence-electron chi connectivity index (χ2n) is 7.64. The van der Waals surface area contributed by atoms with Crippen LogP contribution in [0, 0.1) is 11.8 Å². The number of hydrogen-bond donors (Lipinski definition) is 0. The van der Waals surface area contributed by atoms with Crippen LogP contribution in [0.4, 0.5) is 0 Å². The fraction of sp³-hybridized carbons (Fsp3) is 0.619. The molecule has 0 unspecified atom stereocenters. The Kier molecular flexibility index (Phi) is 5.37. The Hall–Kier alpha value is -1.64. The molecule has 1 aromatic carbocycles. The molecule has 3 atom stereocenters. The van der Waals surface area contributed by atoms with E-state index in [-0.39, 0.29) is 23.8 Å². The quantitative estimate of drug-likeness (QED) is 0.815. The molecule has 24 heavy (non-hydrogen) atoms. The number of ketones is 1. The number of rotatable bonds is 4. The molecular weight excluding hydrogens is 298 g/mol. The molecule has 130 valence electrons. The Labute approximate surface area is 145 Å². The summed E-state index contributed by atoms with van der Waals surface area (Å²) in [6.07, 6.45) is 6.52. The number of nitrogens with zero attached hydrogens (tertiary/aromatic N) is 1. The second-order valence-corrected chi connectivity index (χ2v) is 7.64. The van der Waals surface area contributed by atoms with Crippen LogP contribution in [0.5, 0.6) is 0 Å². The largest absolute Gasteiger partial charge is 0.333 e. The summed E-state index contributed by atoms with van der Waals surface area (Å²) in [5.41, 5.74) is 1.21. The summed E-state index contributed by atoms with van der Waals surface area (Å²) < 4.78 is 0. The van der Waals surface area contributed by atoms with E-state index in [1.54, 1.807) is 0 Å². The Morgan fingerprint density at radius 2 is 1.79 bits per heavy atom. The number of Topliss-reactive ketones (excluding diaryl/α,β-unsaturated/α-hetero) is 1. The molecule has 2 aliphatic carbocycles. The third-order valence-corrected chi connectivity index (χ3v) is 5.96. The van der Waals surface area contributed by atoms with Crippen molar-refractivity contribution < 1.29 is 9.59 Å². The van der Waals surface area contributed by atoms with Gasteiger partial charge in [-0.05, 0) is 37.7 Å². The molecule has 2 aliphatic rings. The maximum Gasteiger partial charge on any atom is 0.226 e. The fourth-order valence-corrected chi connectivity index (χ4v) is 4.52. The predicted molar refractivity (Wildman–Crippen MR) is 95.5 cm³/mol. The summed E-state index contributed by atoms with van der Waals surface area (Å²) in [7, 11) is 0. The van der Waals surface area contributed by atoms with Crippen LogP contribution < -0.4 is 0 Å². The van der Waals surface area contributed by atoms with Gasteiger partial charge in [0, 0.05) is 24.8 Å². The van der Waals surface area contributed by atoms with Crippen molar-refractivity contribution in [1.82, 2.24) is 4.90 Å². The molecule has 0 aromatic heterocycles. The van der Waals surface area contributed by atoms with Crippen molar-refractivity contribution in [3.05, 3.63) is 35.9 Å². The van der Waals surface area contributed by atoms with E-state index in [1.165, 1.54) is 18.4 Å². The van der Waals surface area contributed by atoms with E-state index in [0.29, 0.717) is 24.7 Å². The van der Waals surface area contributed by atoms with Gasteiger partial charge in [-0.2, -0.15) is 0 Å². The fourth-order valence-electron chi connectivity index (χ4n) is 4.52. The van der Waals surface area contributed by atoms with Gasteiger partial charge in [0.2, 0.25) is 5.91 Å². The highest BCUT2D eigenvalue weighted by Gasteiger charge is 2.39. The molecular formula is C21H29NO2. The number of carbonyl (C=O) groups is 2. The maximum atomic E-state index is 13.4. The van der Waals surface area contributed by atoms with E-state index in [4.69, 9.17) is 0 Å². The van der Waals surface area contributed by atoms with Gasteiger partial charge in [-0.25, -0.2) is 0 Å². The van der Waals surface area contributed by atoms with Gasteiger partial charge in [-0.1, -0.05) is 50.1 Å². The number of hydrogen-bond acceptors (Lipinski definition) is 2. The topological polar surface area (TPSA) is 37.4 Å². The lowest BCUT2D eigenvalue weighted by Crippen LogP contribution is -2.46. The summed E-state index contributed by atoms with van der Waals surface area (Å²) in [4.78, 5) is 27.3. The Bertz CT molecular complexity index is 577. The smallest absolute Gasteiger partial charge is 0.226 e. The van der Waals surface area contributed by atoms with Gasteiger partial charge in [-0.15, -0.1) is 0 Å². The standard InChI is InChI=1S/C21H29NO2/c1-15-14-19(23)12-13-20(15)21(24)22(18-10-6-7-11-18)16(2)17-8-4-3-5-9-17/h3-5,8-9,15-16,18,20H,6-7,10-14H2,1-2H3/t15-,16-,20-/m1/s1. The molecule has 1 amide bonds. The first-order chi connectivity index (χ1) is 11.6. The van der Waals surface area contributed by atoms with Crippen molar-refractivity contribution in [3.8, 4) is 0 Å². The van der Waals surface area contributed by atoms with Crippen LogP contribution in [0.25, 0.3) is 0 Å². The van der Waals surface area contributed by atoms with Gasteiger partial charge in [-0.3, -0.25) is 9.59 Å².